The van der Waals surface area contributed by atoms with Crippen LogP contribution in [0.3, 0.4) is 0 Å². The summed E-state index contributed by atoms with van der Waals surface area (Å²) in [6.07, 6.45) is 1.84. The molecule has 3 aromatic carbocycles. The molecule has 1 N–H and O–H groups in total. The van der Waals surface area contributed by atoms with E-state index in [1.54, 1.807) is 0 Å². The molecule has 1 fully saturated rings. The molecule has 0 amide bonds. The lowest BCUT2D eigenvalue weighted by atomic mass is 9.96. The van der Waals surface area contributed by atoms with Gasteiger partial charge in [0.15, 0.2) is 0 Å². The Morgan fingerprint density at radius 1 is 0.818 bits per heavy atom. The lowest BCUT2D eigenvalue weighted by Gasteiger charge is -2.39. The molecule has 168 valence electrons. The highest BCUT2D eigenvalue weighted by molar-refractivity contribution is 6.31. The van der Waals surface area contributed by atoms with E-state index in [2.05, 4.69) is 80.8 Å². The van der Waals surface area contributed by atoms with Crippen LogP contribution in [0, 0.1) is 0 Å². The smallest absolute Gasteiger partial charge is 0.0737 e. The lowest BCUT2D eigenvalue weighted by molar-refractivity contribution is 0.112. The third-order valence-corrected chi connectivity index (χ3v) is 6.69. The van der Waals surface area contributed by atoms with Crippen molar-refractivity contribution < 1.29 is 0 Å². The molecule has 1 aromatic heterocycles. The Kier molecular flexibility index (Phi) is 6.87. The predicted octanol–water partition coefficient (Wildman–Crippen LogP) is 5.71. The van der Waals surface area contributed by atoms with Crippen LogP contribution in [0.1, 0.15) is 17.2 Å². The van der Waals surface area contributed by atoms with E-state index in [9.17, 15) is 0 Å². The Hall–Kier alpha value is -2.92. The van der Waals surface area contributed by atoms with Gasteiger partial charge in [-0.25, -0.2) is 0 Å². The van der Waals surface area contributed by atoms with Crippen molar-refractivity contribution in [3.05, 3.63) is 107 Å². The van der Waals surface area contributed by atoms with E-state index in [1.807, 2.05) is 30.5 Å². The monoisotopic (exact) mass is 456 g/mol. The second-order valence-corrected chi connectivity index (χ2v) is 8.98. The average molecular weight is 457 g/mol. The summed E-state index contributed by atoms with van der Waals surface area (Å²) in [6.45, 7) is 6.19. The summed E-state index contributed by atoms with van der Waals surface area (Å²) in [5.41, 5.74) is 4.77. The van der Waals surface area contributed by atoms with E-state index in [0.717, 1.165) is 55.9 Å². The van der Waals surface area contributed by atoms with E-state index < -0.39 is 0 Å². The molecule has 0 atom stereocenters. The molecule has 0 aliphatic carbocycles. The molecule has 0 radical (unpaired) electrons. The Morgan fingerprint density at radius 2 is 1.48 bits per heavy atom. The number of aromatic nitrogens is 1. The van der Waals surface area contributed by atoms with Gasteiger partial charge in [0.05, 0.1) is 11.6 Å². The highest BCUT2D eigenvalue weighted by Gasteiger charge is 2.26. The number of rotatable bonds is 7. The Bertz CT molecular complexity index is 1130. The normalized spacial score (nSPS) is 15.2. The zero-order chi connectivity index (χ0) is 22.5. The summed E-state index contributed by atoms with van der Waals surface area (Å²) in [5, 5.41) is 5.43. The third kappa shape index (κ3) is 5.19. The third-order valence-electron chi connectivity index (χ3n) is 6.45. The number of halogens is 1. The molecule has 33 heavy (non-hydrogen) atoms. The van der Waals surface area contributed by atoms with E-state index >= 15 is 0 Å². The van der Waals surface area contributed by atoms with Gasteiger partial charge in [0.1, 0.15) is 0 Å². The SMILES string of the molecule is Clc1ccc2c(NCCN3CCN(C(c4ccccc4)c4ccccc4)CC3)ccnc2c1. The van der Waals surface area contributed by atoms with Crippen LogP contribution in [0.2, 0.25) is 5.02 Å². The molecular formula is C28H29ClN4. The maximum Gasteiger partial charge on any atom is 0.0737 e. The molecule has 1 aliphatic heterocycles. The first-order valence-corrected chi connectivity index (χ1v) is 12.0. The summed E-state index contributed by atoms with van der Waals surface area (Å²) < 4.78 is 0. The van der Waals surface area contributed by atoms with Crippen molar-refractivity contribution in [2.45, 2.75) is 6.04 Å². The van der Waals surface area contributed by atoms with Crippen LogP contribution >= 0.6 is 11.6 Å². The van der Waals surface area contributed by atoms with Crippen molar-refractivity contribution in [2.24, 2.45) is 0 Å². The van der Waals surface area contributed by atoms with Crippen molar-refractivity contribution in [3.8, 4) is 0 Å². The van der Waals surface area contributed by atoms with E-state index in [-0.39, 0.29) is 0 Å². The minimum atomic E-state index is 0.308. The number of hydrogen-bond donors (Lipinski definition) is 1. The van der Waals surface area contributed by atoms with E-state index in [0.29, 0.717) is 11.1 Å². The number of benzene rings is 3. The van der Waals surface area contributed by atoms with Crippen LogP contribution in [0.5, 0.6) is 0 Å². The first kappa shape index (κ1) is 21.9. The minimum absolute atomic E-state index is 0.308. The van der Waals surface area contributed by atoms with Crippen molar-refractivity contribution in [3.63, 3.8) is 0 Å². The molecule has 0 saturated carbocycles. The van der Waals surface area contributed by atoms with Gasteiger partial charge in [-0.3, -0.25) is 14.8 Å². The first-order chi connectivity index (χ1) is 16.3. The van der Waals surface area contributed by atoms with Gasteiger partial charge in [-0.1, -0.05) is 72.3 Å². The highest BCUT2D eigenvalue weighted by Crippen LogP contribution is 2.29. The average Bonchev–Trinajstić information content (AvgIpc) is 2.86. The zero-order valence-electron chi connectivity index (χ0n) is 18.7. The molecule has 0 spiro atoms. The second kappa shape index (κ2) is 10.3. The van der Waals surface area contributed by atoms with Crippen molar-refractivity contribution >= 4 is 28.2 Å². The van der Waals surface area contributed by atoms with Gasteiger partial charge in [0.2, 0.25) is 0 Å². The van der Waals surface area contributed by atoms with E-state index in [4.69, 9.17) is 11.6 Å². The first-order valence-electron chi connectivity index (χ1n) is 11.6. The van der Waals surface area contributed by atoms with Gasteiger partial charge >= 0.3 is 0 Å². The van der Waals surface area contributed by atoms with Crippen LogP contribution in [0.4, 0.5) is 5.69 Å². The summed E-state index contributed by atoms with van der Waals surface area (Å²) in [7, 11) is 0. The quantitative estimate of drug-likeness (QED) is 0.386. The summed E-state index contributed by atoms with van der Waals surface area (Å²) >= 11 is 6.12. The van der Waals surface area contributed by atoms with Gasteiger partial charge in [-0.2, -0.15) is 0 Å². The van der Waals surface area contributed by atoms with Gasteiger partial charge in [0.25, 0.3) is 0 Å². The van der Waals surface area contributed by atoms with Gasteiger partial charge in [-0.15, -0.1) is 0 Å². The fourth-order valence-corrected chi connectivity index (χ4v) is 4.92. The van der Waals surface area contributed by atoms with Gasteiger partial charge in [0, 0.05) is 61.6 Å². The maximum absolute atomic E-state index is 6.12. The fourth-order valence-electron chi connectivity index (χ4n) is 4.75. The topological polar surface area (TPSA) is 31.4 Å². The second-order valence-electron chi connectivity index (χ2n) is 8.55. The molecule has 4 nitrogen and oxygen atoms in total. The van der Waals surface area contributed by atoms with Gasteiger partial charge in [-0.05, 0) is 35.4 Å². The summed E-state index contributed by atoms with van der Waals surface area (Å²) in [4.78, 5) is 9.61. The van der Waals surface area contributed by atoms with Crippen LogP contribution in [0.25, 0.3) is 10.9 Å². The molecule has 1 saturated heterocycles. The minimum Gasteiger partial charge on any atom is -0.383 e. The number of nitrogens with zero attached hydrogens (tertiary/aromatic N) is 3. The maximum atomic E-state index is 6.12. The Labute approximate surface area is 200 Å². The van der Waals surface area contributed by atoms with Crippen LogP contribution in [-0.2, 0) is 0 Å². The lowest BCUT2D eigenvalue weighted by Crippen LogP contribution is -2.48. The molecule has 0 unspecified atom stereocenters. The highest BCUT2D eigenvalue weighted by atomic mass is 35.5. The molecule has 4 aromatic rings. The molecule has 5 rings (SSSR count). The van der Waals surface area contributed by atoms with Gasteiger partial charge < -0.3 is 5.32 Å². The van der Waals surface area contributed by atoms with Crippen LogP contribution < -0.4 is 5.32 Å². The zero-order valence-corrected chi connectivity index (χ0v) is 19.5. The van der Waals surface area contributed by atoms with E-state index in [1.165, 1.54) is 11.1 Å². The summed E-state index contributed by atoms with van der Waals surface area (Å²) in [6, 6.07) is 30.0. The number of hydrogen-bond acceptors (Lipinski definition) is 4. The van der Waals surface area contributed by atoms with Crippen molar-refractivity contribution in [2.75, 3.05) is 44.6 Å². The number of piperazine rings is 1. The molecular weight excluding hydrogens is 428 g/mol. The number of fused-ring (bicyclic) bond motifs is 1. The molecule has 2 heterocycles. The molecule has 1 aliphatic rings. The van der Waals surface area contributed by atoms with Crippen LogP contribution in [0.15, 0.2) is 91.1 Å². The fraction of sp³-hybridized carbons (Fsp3) is 0.250. The number of pyridine rings is 1. The summed E-state index contributed by atoms with van der Waals surface area (Å²) in [5.74, 6) is 0. The van der Waals surface area contributed by atoms with Crippen molar-refractivity contribution in [1.82, 2.24) is 14.8 Å². The Balaban J connectivity index is 1.20. The standard InChI is InChI=1S/C28H29ClN4/c29-24-11-12-25-26(13-14-30-27(25)21-24)31-15-16-32-17-19-33(20-18-32)28(22-7-3-1-4-8-22)23-9-5-2-6-10-23/h1-14,21,28H,15-20H2,(H,30,31). The largest absolute Gasteiger partial charge is 0.383 e. The number of anilines is 1. The number of nitrogens with one attached hydrogen (secondary N) is 1. The molecule has 5 heteroatoms. The predicted molar refractivity (Wildman–Crippen MR) is 138 cm³/mol. The Morgan fingerprint density at radius 3 is 2.15 bits per heavy atom. The van der Waals surface area contributed by atoms with Crippen molar-refractivity contribution in [1.29, 1.82) is 0 Å². The molecule has 0 bridgehead atoms. The van der Waals surface area contributed by atoms with Crippen LogP contribution in [-0.4, -0.2) is 54.1 Å².